The molecule has 1 amide bonds. The molecule has 4 nitrogen and oxygen atoms in total. The number of hydrogen-bond acceptors (Lipinski definition) is 4. The summed E-state index contributed by atoms with van der Waals surface area (Å²) in [6.45, 7) is 2.97. The highest BCUT2D eigenvalue weighted by molar-refractivity contribution is 7.99. The van der Waals surface area contributed by atoms with E-state index in [1.807, 2.05) is 37.3 Å². The highest BCUT2D eigenvalue weighted by atomic mass is 32.2. The summed E-state index contributed by atoms with van der Waals surface area (Å²) in [7, 11) is 0. The molecule has 0 saturated heterocycles. The Labute approximate surface area is 145 Å². The number of para-hydroxylation sites is 1. The van der Waals surface area contributed by atoms with E-state index in [4.69, 9.17) is 9.52 Å². The summed E-state index contributed by atoms with van der Waals surface area (Å²) >= 11 is 1.60. The summed E-state index contributed by atoms with van der Waals surface area (Å²) in [4.78, 5) is 13.8. The van der Waals surface area contributed by atoms with Crippen molar-refractivity contribution in [1.29, 1.82) is 0 Å². The molecule has 126 valence electrons. The monoisotopic (exact) mass is 343 g/mol. The highest BCUT2D eigenvalue weighted by Crippen LogP contribution is 2.30. The van der Waals surface area contributed by atoms with Gasteiger partial charge in [0.15, 0.2) is 0 Å². The minimum Gasteiger partial charge on any atom is -0.456 e. The third-order valence-electron chi connectivity index (χ3n) is 4.04. The molecule has 0 radical (unpaired) electrons. The van der Waals surface area contributed by atoms with Crippen LogP contribution < -0.4 is 0 Å². The zero-order chi connectivity index (χ0) is 16.9. The first kappa shape index (κ1) is 16.9. The molecule has 1 aromatic heterocycles. The summed E-state index contributed by atoms with van der Waals surface area (Å²) in [5.41, 5.74) is 2.97. The van der Waals surface area contributed by atoms with Gasteiger partial charge in [-0.05, 0) is 30.7 Å². The summed E-state index contributed by atoms with van der Waals surface area (Å²) in [5.74, 6) is 1.28. The zero-order valence-corrected chi connectivity index (χ0v) is 14.5. The van der Waals surface area contributed by atoms with Crippen LogP contribution in [0.2, 0.25) is 0 Å². The Morgan fingerprint density at radius 1 is 1.17 bits per heavy atom. The van der Waals surface area contributed by atoms with Crippen molar-refractivity contribution in [3.05, 3.63) is 48.0 Å². The molecule has 0 spiro atoms. The average Bonchev–Trinajstić information content (AvgIpc) is 2.97. The van der Waals surface area contributed by atoms with E-state index < -0.39 is 0 Å². The van der Waals surface area contributed by atoms with Crippen molar-refractivity contribution in [2.75, 3.05) is 25.4 Å². The maximum absolute atomic E-state index is 12.1. The molecule has 1 heterocycles. The molecule has 2 aromatic carbocycles. The van der Waals surface area contributed by atoms with Crippen LogP contribution in [0, 0.1) is 0 Å². The minimum atomic E-state index is 0.00841. The molecule has 0 fully saturated rings. The Morgan fingerprint density at radius 2 is 1.96 bits per heavy atom. The van der Waals surface area contributed by atoms with Crippen LogP contribution in [0.1, 0.15) is 12.5 Å². The van der Waals surface area contributed by atoms with E-state index in [0.717, 1.165) is 27.7 Å². The van der Waals surface area contributed by atoms with Crippen LogP contribution >= 0.6 is 11.8 Å². The molecule has 0 aliphatic carbocycles. The van der Waals surface area contributed by atoms with Gasteiger partial charge in [-0.3, -0.25) is 4.79 Å². The van der Waals surface area contributed by atoms with Crippen LogP contribution in [0.4, 0.5) is 0 Å². The Balaban J connectivity index is 1.67. The standard InChI is InChI=1S/C19H21NO3S/c1-2-20(9-10-21)19(22)13-24-12-14-7-8-18-16(11-14)15-5-3-4-6-17(15)23-18/h3-8,11,21H,2,9-10,12-13H2,1H3. The second kappa shape index (κ2) is 7.73. The predicted octanol–water partition coefficient (Wildman–Crippen LogP) is 3.66. The van der Waals surface area contributed by atoms with Gasteiger partial charge in [0.2, 0.25) is 5.91 Å². The molecule has 0 saturated carbocycles. The van der Waals surface area contributed by atoms with Crippen LogP contribution in [0.5, 0.6) is 0 Å². The number of hydrogen-bond donors (Lipinski definition) is 1. The number of nitrogens with zero attached hydrogens (tertiary/aromatic N) is 1. The number of aliphatic hydroxyl groups is 1. The maximum Gasteiger partial charge on any atom is 0.232 e. The summed E-state index contributed by atoms with van der Waals surface area (Å²) in [6, 6.07) is 14.2. The molecule has 3 aromatic rings. The van der Waals surface area contributed by atoms with Gasteiger partial charge in [-0.15, -0.1) is 11.8 Å². The first-order chi connectivity index (χ1) is 11.7. The Hall–Kier alpha value is -1.98. The van der Waals surface area contributed by atoms with E-state index >= 15 is 0 Å². The number of likely N-dealkylation sites (N-methyl/N-ethyl adjacent to an activating group) is 1. The Kier molecular flexibility index (Phi) is 5.43. The fourth-order valence-corrected chi connectivity index (χ4v) is 3.66. The van der Waals surface area contributed by atoms with Crippen LogP contribution in [-0.2, 0) is 10.5 Å². The molecule has 0 aliphatic heterocycles. The molecule has 24 heavy (non-hydrogen) atoms. The molecule has 1 N–H and O–H groups in total. The van der Waals surface area contributed by atoms with E-state index in [0.29, 0.717) is 18.8 Å². The first-order valence-electron chi connectivity index (χ1n) is 8.09. The lowest BCUT2D eigenvalue weighted by Crippen LogP contribution is -2.34. The van der Waals surface area contributed by atoms with Gasteiger partial charge < -0.3 is 14.4 Å². The maximum atomic E-state index is 12.1. The minimum absolute atomic E-state index is 0.00841. The van der Waals surface area contributed by atoms with E-state index in [-0.39, 0.29) is 12.5 Å². The average molecular weight is 343 g/mol. The van der Waals surface area contributed by atoms with Gasteiger partial charge in [0.25, 0.3) is 0 Å². The third kappa shape index (κ3) is 3.57. The Morgan fingerprint density at radius 3 is 2.75 bits per heavy atom. The zero-order valence-electron chi connectivity index (χ0n) is 13.7. The van der Waals surface area contributed by atoms with Gasteiger partial charge in [0.1, 0.15) is 11.2 Å². The first-order valence-corrected chi connectivity index (χ1v) is 9.25. The van der Waals surface area contributed by atoms with Crippen molar-refractivity contribution < 1.29 is 14.3 Å². The van der Waals surface area contributed by atoms with Crippen molar-refractivity contribution in [3.63, 3.8) is 0 Å². The van der Waals surface area contributed by atoms with E-state index in [1.54, 1.807) is 16.7 Å². The second-order valence-corrected chi connectivity index (χ2v) is 6.60. The van der Waals surface area contributed by atoms with Crippen LogP contribution in [0.3, 0.4) is 0 Å². The van der Waals surface area contributed by atoms with Crippen molar-refractivity contribution >= 4 is 39.6 Å². The van der Waals surface area contributed by atoms with Gasteiger partial charge in [-0.2, -0.15) is 0 Å². The van der Waals surface area contributed by atoms with Gasteiger partial charge in [0, 0.05) is 29.6 Å². The van der Waals surface area contributed by atoms with E-state index in [1.165, 1.54) is 5.56 Å². The molecule has 3 rings (SSSR count). The number of thioether (sulfide) groups is 1. The lowest BCUT2D eigenvalue weighted by atomic mass is 10.1. The molecular weight excluding hydrogens is 322 g/mol. The summed E-state index contributed by atoms with van der Waals surface area (Å²) in [6.07, 6.45) is 0. The Bertz CT molecular complexity index is 843. The third-order valence-corrected chi connectivity index (χ3v) is 5.03. The highest BCUT2D eigenvalue weighted by Gasteiger charge is 2.11. The van der Waals surface area contributed by atoms with E-state index in [9.17, 15) is 4.79 Å². The number of benzene rings is 2. The molecule has 5 heteroatoms. The molecular formula is C19H21NO3S. The van der Waals surface area contributed by atoms with Crippen molar-refractivity contribution in [2.45, 2.75) is 12.7 Å². The predicted molar refractivity (Wildman–Crippen MR) is 99.2 cm³/mol. The van der Waals surface area contributed by atoms with Gasteiger partial charge in [0.05, 0.1) is 12.4 Å². The van der Waals surface area contributed by atoms with Gasteiger partial charge in [-0.25, -0.2) is 0 Å². The second-order valence-electron chi connectivity index (χ2n) is 5.62. The van der Waals surface area contributed by atoms with Gasteiger partial charge >= 0.3 is 0 Å². The van der Waals surface area contributed by atoms with Gasteiger partial charge in [-0.1, -0.05) is 24.3 Å². The van der Waals surface area contributed by atoms with Crippen LogP contribution in [0.25, 0.3) is 21.9 Å². The number of furan rings is 1. The fraction of sp³-hybridized carbons (Fsp3) is 0.316. The summed E-state index contributed by atoms with van der Waals surface area (Å²) in [5, 5.41) is 11.2. The molecule has 0 aliphatic rings. The lowest BCUT2D eigenvalue weighted by Gasteiger charge is -2.19. The van der Waals surface area contributed by atoms with Crippen LogP contribution in [0.15, 0.2) is 46.9 Å². The molecule has 0 bridgehead atoms. The number of fused-ring (bicyclic) bond motifs is 3. The number of carbonyl (C=O) groups excluding carboxylic acids is 1. The lowest BCUT2D eigenvalue weighted by molar-refractivity contribution is -0.128. The largest absolute Gasteiger partial charge is 0.456 e. The summed E-state index contributed by atoms with van der Waals surface area (Å²) < 4.78 is 5.83. The number of rotatable bonds is 7. The smallest absolute Gasteiger partial charge is 0.232 e. The number of carbonyl (C=O) groups is 1. The van der Waals surface area contributed by atoms with E-state index in [2.05, 4.69) is 12.1 Å². The quantitative estimate of drug-likeness (QED) is 0.711. The van der Waals surface area contributed by atoms with Crippen molar-refractivity contribution in [2.24, 2.45) is 0 Å². The van der Waals surface area contributed by atoms with Crippen molar-refractivity contribution in [3.8, 4) is 0 Å². The SMILES string of the molecule is CCN(CCO)C(=O)CSCc1ccc2oc3ccccc3c2c1. The van der Waals surface area contributed by atoms with Crippen molar-refractivity contribution in [1.82, 2.24) is 4.90 Å². The molecule has 0 unspecified atom stereocenters. The normalized spacial score (nSPS) is 11.2. The fourth-order valence-electron chi connectivity index (χ4n) is 2.79. The van der Waals surface area contributed by atoms with Crippen LogP contribution in [-0.4, -0.2) is 41.4 Å². The number of amides is 1. The molecule has 0 atom stereocenters. The number of aliphatic hydroxyl groups excluding tert-OH is 1. The topological polar surface area (TPSA) is 53.7 Å².